The van der Waals surface area contributed by atoms with Crippen LogP contribution in [0.2, 0.25) is 0 Å². The summed E-state index contributed by atoms with van der Waals surface area (Å²) in [4.78, 5) is 25.6. The fourth-order valence-electron chi connectivity index (χ4n) is 3.57. The molecule has 1 aromatic rings. The fourth-order valence-corrected chi connectivity index (χ4v) is 3.57. The molecule has 1 saturated heterocycles. The van der Waals surface area contributed by atoms with Gasteiger partial charge in [0.15, 0.2) is 0 Å². The number of aryl methyl sites for hydroxylation is 1. The lowest BCUT2D eigenvalue weighted by atomic mass is 10.1. The van der Waals surface area contributed by atoms with E-state index in [2.05, 4.69) is 15.7 Å². The van der Waals surface area contributed by atoms with E-state index >= 15 is 0 Å². The van der Waals surface area contributed by atoms with Crippen LogP contribution >= 0.6 is 0 Å². The van der Waals surface area contributed by atoms with Gasteiger partial charge in [-0.25, -0.2) is 0 Å². The summed E-state index contributed by atoms with van der Waals surface area (Å²) in [5.41, 5.74) is 0. The Labute approximate surface area is 141 Å². The molecule has 1 aromatic heterocycles. The fraction of sp³-hybridized carbons (Fsp3) is 0.688. The van der Waals surface area contributed by atoms with Crippen LogP contribution in [0, 0.1) is 0 Å². The second-order valence-electron chi connectivity index (χ2n) is 6.50. The smallest absolute Gasteiger partial charge is 0.234 e. The SMILES string of the molecule is O=C1CN([C@@H]2CC[C@@H](NC(=O)CCCn3cccn3)[C@H]2O)CCN1. The number of hydrogen-bond donors (Lipinski definition) is 3. The van der Waals surface area contributed by atoms with Gasteiger partial charge in [-0.05, 0) is 25.3 Å². The Morgan fingerprint density at radius 3 is 3.08 bits per heavy atom. The molecule has 3 atom stereocenters. The van der Waals surface area contributed by atoms with Gasteiger partial charge >= 0.3 is 0 Å². The van der Waals surface area contributed by atoms with E-state index in [-0.39, 0.29) is 23.9 Å². The molecule has 0 bridgehead atoms. The minimum atomic E-state index is -0.619. The van der Waals surface area contributed by atoms with Crippen LogP contribution in [0.3, 0.4) is 0 Å². The Morgan fingerprint density at radius 2 is 2.33 bits per heavy atom. The van der Waals surface area contributed by atoms with Crippen molar-refractivity contribution >= 4 is 11.8 Å². The van der Waals surface area contributed by atoms with Crippen molar-refractivity contribution in [1.29, 1.82) is 0 Å². The molecule has 8 nitrogen and oxygen atoms in total. The maximum absolute atomic E-state index is 12.1. The van der Waals surface area contributed by atoms with Crippen LogP contribution in [0.15, 0.2) is 18.5 Å². The number of carbonyl (C=O) groups excluding carboxylic acids is 2. The molecule has 0 spiro atoms. The van der Waals surface area contributed by atoms with Crippen LogP contribution in [0.1, 0.15) is 25.7 Å². The summed E-state index contributed by atoms with van der Waals surface area (Å²) < 4.78 is 1.80. The number of nitrogens with zero attached hydrogens (tertiary/aromatic N) is 3. The van der Waals surface area contributed by atoms with Crippen LogP contribution in [-0.2, 0) is 16.1 Å². The largest absolute Gasteiger partial charge is 0.389 e. The summed E-state index contributed by atoms with van der Waals surface area (Å²) in [6, 6.07) is 1.58. The highest BCUT2D eigenvalue weighted by Crippen LogP contribution is 2.25. The Balaban J connectivity index is 1.42. The van der Waals surface area contributed by atoms with Gasteiger partial charge in [0.1, 0.15) is 0 Å². The molecule has 3 rings (SSSR count). The number of hydrogen-bond acceptors (Lipinski definition) is 5. The van der Waals surface area contributed by atoms with Crippen molar-refractivity contribution in [3.63, 3.8) is 0 Å². The average molecular weight is 335 g/mol. The van der Waals surface area contributed by atoms with E-state index in [1.165, 1.54) is 0 Å². The summed E-state index contributed by atoms with van der Waals surface area (Å²) in [5.74, 6) is -0.0391. The van der Waals surface area contributed by atoms with Crippen LogP contribution in [-0.4, -0.2) is 69.4 Å². The molecule has 2 fully saturated rings. The van der Waals surface area contributed by atoms with Crippen molar-refractivity contribution in [2.45, 2.75) is 50.4 Å². The Morgan fingerprint density at radius 1 is 1.46 bits per heavy atom. The summed E-state index contributed by atoms with van der Waals surface area (Å²) in [6.45, 7) is 2.40. The summed E-state index contributed by atoms with van der Waals surface area (Å²) in [7, 11) is 0. The molecule has 1 saturated carbocycles. The minimum absolute atomic E-state index is 0.000410. The molecule has 0 aromatic carbocycles. The second kappa shape index (κ2) is 7.76. The highest BCUT2D eigenvalue weighted by Gasteiger charge is 2.40. The molecular formula is C16H25N5O3. The molecule has 1 aliphatic heterocycles. The third-order valence-electron chi connectivity index (χ3n) is 4.81. The van der Waals surface area contributed by atoms with E-state index in [4.69, 9.17) is 0 Å². The molecule has 2 aliphatic rings. The van der Waals surface area contributed by atoms with Crippen molar-refractivity contribution in [2.24, 2.45) is 0 Å². The third kappa shape index (κ3) is 4.12. The van der Waals surface area contributed by atoms with E-state index in [1.807, 2.05) is 17.2 Å². The zero-order valence-corrected chi connectivity index (χ0v) is 13.7. The lowest BCUT2D eigenvalue weighted by Gasteiger charge is -2.34. The van der Waals surface area contributed by atoms with Crippen molar-refractivity contribution in [3.8, 4) is 0 Å². The highest BCUT2D eigenvalue weighted by molar-refractivity contribution is 5.78. The quantitative estimate of drug-likeness (QED) is 0.626. The molecule has 0 unspecified atom stereocenters. The van der Waals surface area contributed by atoms with Gasteiger partial charge in [0.25, 0.3) is 0 Å². The van der Waals surface area contributed by atoms with Crippen LogP contribution in [0.25, 0.3) is 0 Å². The first-order chi connectivity index (χ1) is 11.6. The van der Waals surface area contributed by atoms with E-state index < -0.39 is 6.10 Å². The second-order valence-corrected chi connectivity index (χ2v) is 6.50. The number of piperazine rings is 1. The third-order valence-corrected chi connectivity index (χ3v) is 4.81. The topological polar surface area (TPSA) is 99.5 Å². The average Bonchev–Trinajstić information content (AvgIpc) is 3.18. The number of nitrogens with one attached hydrogen (secondary N) is 2. The molecular weight excluding hydrogens is 310 g/mol. The molecule has 132 valence electrons. The number of aliphatic hydroxyl groups excluding tert-OH is 1. The Bertz CT molecular complexity index is 562. The maximum atomic E-state index is 12.1. The normalized spacial score (nSPS) is 27.9. The maximum Gasteiger partial charge on any atom is 0.234 e. The lowest BCUT2D eigenvalue weighted by molar-refractivity contribution is -0.126. The van der Waals surface area contributed by atoms with Gasteiger partial charge in [-0.2, -0.15) is 5.10 Å². The zero-order valence-electron chi connectivity index (χ0n) is 13.7. The van der Waals surface area contributed by atoms with E-state index in [0.717, 1.165) is 19.4 Å². The van der Waals surface area contributed by atoms with Crippen molar-refractivity contribution in [1.82, 2.24) is 25.3 Å². The molecule has 8 heteroatoms. The van der Waals surface area contributed by atoms with Gasteiger partial charge in [0, 0.05) is 44.5 Å². The van der Waals surface area contributed by atoms with E-state index in [1.54, 1.807) is 10.9 Å². The van der Waals surface area contributed by atoms with Gasteiger partial charge in [-0.15, -0.1) is 0 Å². The van der Waals surface area contributed by atoms with Gasteiger partial charge in [0.05, 0.1) is 18.7 Å². The Hall–Kier alpha value is -1.93. The predicted octanol–water partition coefficient (Wildman–Crippen LogP) is -0.897. The molecule has 2 heterocycles. The molecule has 2 amide bonds. The monoisotopic (exact) mass is 335 g/mol. The van der Waals surface area contributed by atoms with Crippen molar-refractivity contribution < 1.29 is 14.7 Å². The van der Waals surface area contributed by atoms with Crippen LogP contribution in [0.5, 0.6) is 0 Å². The van der Waals surface area contributed by atoms with Gasteiger partial charge < -0.3 is 15.7 Å². The van der Waals surface area contributed by atoms with Gasteiger partial charge in [0.2, 0.25) is 11.8 Å². The van der Waals surface area contributed by atoms with Crippen LogP contribution < -0.4 is 10.6 Å². The number of rotatable bonds is 6. The van der Waals surface area contributed by atoms with Gasteiger partial charge in [-0.3, -0.25) is 19.2 Å². The first-order valence-corrected chi connectivity index (χ1v) is 8.59. The van der Waals surface area contributed by atoms with Crippen LogP contribution in [0.4, 0.5) is 0 Å². The molecule has 1 aliphatic carbocycles. The number of carbonyl (C=O) groups is 2. The number of aliphatic hydroxyl groups is 1. The van der Waals surface area contributed by atoms with E-state index in [0.29, 0.717) is 32.5 Å². The van der Waals surface area contributed by atoms with Gasteiger partial charge in [-0.1, -0.05) is 0 Å². The summed E-state index contributed by atoms with van der Waals surface area (Å²) in [5, 5.41) is 20.3. The highest BCUT2D eigenvalue weighted by atomic mass is 16.3. The van der Waals surface area contributed by atoms with Crippen molar-refractivity contribution in [2.75, 3.05) is 19.6 Å². The lowest BCUT2D eigenvalue weighted by Crippen LogP contribution is -2.55. The van der Waals surface area contributed by atoms with E-state index in [9.17, 15) is 14.7 Å². The molecule has 0 radical (unpaired) electrons. The predicted molar refractivity (Wildman–Crippen MR) is 87.0 cm³/mol. The first-order valence-electron chi connectivity index (χ1n) is 8.59. The summed E-state index contributed by atoms with van der Waals surface area (Å²) >= 11 is 0. The zero-order chi connectivity index (χ0) is 16.9. The number of aromatic nitrogens is 2. The molecule has 24 heavy (non-hydrogen) atoms. The number of amides is 2. The molecule has 3 N–H and O–H groups in total. The van der Waals surface area contributed by atoms with Crippen molar-refractivity contribution in [3.05, 3.63) is 18.5 Å². The standard InChI is InChI=1S/C16H25N5O3/c22-14(3-1-8-21-9-2-6-18-21)19-12-4-5-13(16(12)24)20-10-7-17-15(23)11-20/h2,6,9,12-13,16,24H,1,3-5,7-8,10-11H2,(H,17,23)(H,19,22)/t12-,13-,16-/m1/s1. The Kier molecular flexibility index (Phi) is 5.47. The minimum Gasteiger partial charge on any atom is -0.389 e. The first kappa shape index (κ1) is 16.9. The summed E-state index contributed by atoms with van der Waals surface area (Å²) in [6.07, 6.45) is 5.65.